The van der Waals surface area contributed by atoms with E-state index in [1.807, 2.05) is 36.4 Å². The zero-order chi connectivity index (χ0) is 31.8. The van der Waals surface area contributed by atoms with Crippen LogP contribution in [0, 0.1) is 0 Å². The second-order valence-corrected chi connectivity index (χ2v) is 13.0. The van der Waals surface area contributed by atoms with Gasteiger partial charge < -0.3 is 19.3 Å². The van der Waals surface area contributed by atoms with Gasteiger partial charge in [-0.2, -0.15) is 0 Å². The third-order valence-corrected chi connectivity index (χ3v) is 9.06. The second-order valence-electron chi connectivity index (χ2n) is 10.4. The molecule has 45 heavy (non-hydrogen) atoms. The molecule has 2 fully saturated rings. The molecule has 1 N–H and O–H groups in total. The van der Waals surface area contributed by atoms with Crippen molar-refractivity contribution in [2.45, 2.75) is 12.8 Å². The lowest BCUT2D eigenvalue weighted by molar-refractivity contribution is -0.122. The molecular weight excluding hydrogens is 655 g/mol. The van der Waals surface area contributed by atoms with Crippen molar-refractivity contribution in [3.63, 3.8) is 0 Å². The molecule has 3 aromatic carbocycles. The summed E-state index contributed by atoms with van der Waals surface area (Å²) in [6.45, 7) is 5.55. The van der Waals surface area contributed by atoms with Crippen molar-refractivity contribution in [3.05, 3.63) is 86.7 Å². The van der Waals surface area contributed by atoms with Crippen LogP contribution in [0.2, 0.25) is 10.0 Å². The lowest BCUT2D eigenvalue weighted by Crippen LogP contribution is -2.37. The van der Waals surface area contributed by atoms with Crippen molar-refractivity contribution >= 4 is 69.5 Å². The number of carbonyl (C=O) groups excluding carboxylic acids is 1. The number of morpholine rings is 1. The highest BCUT2D eigenvalue weighted by atomic mass is 35.5. The maximum Gasteiger partial charge on any atom is 0.335 e. The summed E-state index contributed by atoms with van der Waals surface area (Å²) in [6, 6.07) is 17.4. The first-order chi connectivity index (χ1) is 21.8. The number of thioether (sulfide) groups is 1. The maximum atomic E-state index is 13.4. The number of carboxylic acids is 1. The zero-order valence-corrected chi connectivity index (χ0v) is 27.5. The highest BCUT2D eigenvalue weighted by Crippen LogP contribution is 2.37. The van der Waals surface area contributed by atoms with Gasteiger partial charge in [-0.3, -0.25) is 14.6 Å². The van der Waals surface area contributed by atoms with E-state index in [-0.39, 0.29) is 11.5 Å². The molecule has 0 aromatic heterocycles. The van der Waals surface area contributed by atoms with E-state index >= 15 is 0 Å². The van der Waals surface area contributed by atoms with Crippen LogP contribution >= 0.6 is 47.2 Å². The normalized spacial score (nSPS) is 16.4. The van der Waals surface area contributed by atoms with Gasteiger partial charge in [-0.15, -0.1) is 0 Å². The Hall–Kier alpha value is -3.12. The second kappa shape index (κ2) is 15.9. The van der Waals surface area contributed by atoms with Gasteiger partial charge in [0.25, 0.3) is 5.91 Å². The van der Waals surface area contributed by atoms with Crippen LogP contribution in [-0.4, -0.2) is 83.7 Å². The Bertz CT molecular complexity index is 1560. The van der Waals surface area contributed by atoms with Crippen LogP contribution in [0.15, 0.2) is 65.6 Å². The molecule has 3 aromatic rings. The van der Waals surface area contributed by atoms with E-state index < -0.39 is 5.97 Å². The predicted octanol–water partition coefficient (Wildman–Crippen LogP) is 7.13. The quantitative estimate of drug-likeness (QED) is 0.115. The van der Waals surface area contributed by atoms with Crippen molar-refractivity contribution in [2.75, 3.05) is 52.6 Å². The van der Waals surface area contributed by atoms with Crippen molar-refractivity contribution in [2.24, 2.45) is 0 Å². The average Bonchev–Trinajstić information content (AvgIpc) is 3.29. The van der Waals surface area contributed by atoms with Gasteiger partial charge in [0.05, 0.1) is 36.9 Å². The van der Waals surface area contributed by atoms with Crippen molar-refractivity contribution in [3.8, 4) is 22.6 Å². The van der Waals surface area contributed by atoms with Crippen LogP contribution in [0.5, 0.6) is 11.5 Å². The third-order valence-electron chi connectivity index (χ3n) is 7.24. The molecule has 2 heterocycles. The Labute approximate surface area is 281 Å². The fourth-order valence-electron chi connectivity index (χ4n) is 4.93. The highest BCUT2D eigenvalue weighted by molar-refractivity contribution is 8.26. The molecule has 0 bridgehead atoms. The van der Waals surface area contributed by atoms with Crippen LogP contribution in [0.25, 0.3) is 17.2 Å². The number of thiocarbonyl (C=S) groups is 1. The molecule has 0 atom stereocenters. The first kappa shape index (κ1) is 33.2. The fraction of sp³-hybridized carbons (Fsp3) is 0.303. The molecule has 0 radical (unpaired) electrons. The number of ether oxygens (including phenoxy) is 3. The van der Waals surface area contributed by atoms with Gasteiger partial charge in [0, 0.05) is 41.8 Å². The van der Waals surface area contributed by atoms with Crippen LogP contribution in [0.4, 0.5) is 0 Å². The molecule has 0 aliphatic carbocycles. The minimum atomic E-state index is -0.994. The Morgan fingerprint density at radius 2 is 1.62 bits per heavy atom. The van der Waals surface area contributed by atoms with Gasteiger partial charge in [-0.25, -0.2) is 4.79 Å². The van der Waals surface area contributed by atoms with E-state index in [4.69, 9.17) is 54.7 Å². The Balaban J connectivity index is 1.26. The van der Waals surface area contributed by atoms with Gasteiger partial charge in [-0.05, 0) is 84.6 Å². The van der Waals surface area contributed by atoms with E-state index in [9.17, 15) is 9.59 Å². The first-order valence-electron chi connectivity index (χ1n) is 14.5. The lowest BCUT2D eigenvalue weighted by Gasteiger charge is -2.26. The van der Waals surface area contributed by atoms with Crippen molar-refractivity contribution in [1.82, 2.24) is 9.80 Å². The third kappa shape index (κ3) is 9.22. The SMILES string of the molecule is O=C(O)c1ccc(OCCCN2C(=O)/C(=C/c3cc(-c4cc(Cl)cc(Cl)c4)ccc3OCCCN3CCOCC3)SC2=S)cc1. The number of rotatable bonds is 13. The predicted molar refractivity (Wildman–Crippen MR) is 183 cm³/mol. The van der Waals surface area contributed by atoms with Gasteiger partial charge in [0.15, 0.2) is 0 Å². The standard InChI is InChI=1S/C33H32Cl2N2O6S2/c34-26-18-24(19-27(35)21-26)23-5-8-29(43-14-1-9-36-11-15-41-16-12-36)25(17-23)20-30-31(38)37(33(44)45-30)10-2-13-42-28-6-3-22(4-7-28)32(39)40/h3-8,17-21H,1-2,9-16H2,(H,39,40)/b30-20-. The molecule has 1 amide bonds. The number of hydrogen-bond acceptors (Lipinski definition) is 8. The minimum Gasteiger partial charge on any atom is -0.494 e. The zero-order valence-electron chi connectivity index (χ0n) is 24.4. The monoisotopic (exact) mass is 686 g/mol. The van der Waals surface area contributed by atoms with E-state index in [1.54, 1.807) is 23.1 Å². The largest absolute Gasteiger partial charge is 0.494 e. The molecule has 236 valence electrons. The summed E-state index contributed by atoms with van der Waals surface area (Å²) in [7, 11) is 0. The van der Waals surface area contributed by atoms with Crippen LogP contribution < -0.4 is 9.47 Å². The van der Waals surface area contributed by atoms with E-state index in [1.165, 1.54) is 23.9 Å². The Kier molecular flexibility index (Phi) is 11.8. The van der Waals surface area contributed by atoms with E-state index in [0.29, 0.717) is 56.9 Å². The molecule has 2 aliphatic rings. The van der Waals surface area contributed by atoms with Crippen LogP contribution in [0.3, 0.4) is 0 Å². The minimum absolute atomic E-state index is 0.176. The number of nitrogens with zero attached hydrogens (tertiary/aromatic N) is 2. The topological polar surface area (TPSA) is 88.5 Å². The summed E-state index contributed by atoms with van der Waals surface area (Å²) in [6.07, 6.45) is 3.23. The van der Waals surface area contributed by atoms with Crippen molar-refractivity contribution < 1.29 is 28.9 Å². The highest BCUT2D eigenvalue weighted by Gasteiger charge is 2.32. The summed E-state index contributed by atoms with van der Waals surface area (Å²) in [4.78, 5) is 28.9. The average molecular weight is 688 g/mol. The molecule has 5 rings (SSSR count). The summed E-state index contributed by atoms with van der Waals surface area (Å²) < 4.78 is 17.9. The fourth-order valence-corrected chi connectivity index (χ4v) is 6.75. The number of carbonyl (C=O) groups is 2. The van der Waals surface area contributed by atoms with E-state index in [0.717, 1.165) is 56.0 Å². The molecule has 2 aliphatic heterocycles. The Morgan fingerprint density at radius 3 is 2.33 bits per heavy atom. The summed E-state index contributed by atoms with van der Waals surface area (Å²) in [5.74, 6) is 0.0577. The summed E-state index contributed by atoms with van der Waals surface area (Å²) >= 11 is 19.4. The molecule has 12 heteroatoms. The van der Waals surface area contributed by atoms with Gasteiger partial charge >= 0.3 is 5.97 Å². The number of hydrogen-bond donors (Lipinski definition) is 1. The maximum absolute atomic E-state index is 13.4. The van der Waals surface area contributed by atoms with Gasteiger partial charge in [0.2, 0.25) is 0 Å². The number of amides is 1. The summed E-state index contributed by atoms with van der Waals surface area (Å²) in [5.41, 5.74) is 2.68. The number of halogens is 2. The Morgan fingerprint density at radius 1 is 0.933 bits per heavy atom. The molecule has 0 spiro atoms. The lowest BCUT2D eigenvalue weighted by atomic mass is 10.0. The van der Waals surface area contributed by atoms with Crippen LogP contribution in [0.1, 0.15) is 28.8 Å². The van der Waals surface area contributed by atoms with Gasteiger partial charge in [0.1, 0.15) is 15.8 Å². The molecule has 0 saturated carbocycles. The number of aromatic carboxylic acids is 1. The van der Waals surface area contributed by atoms with E-state index in [2.05, 4.69) is 4.90 Å². The van der Waals surface area contributed by atoms with Gasteiger partial charge in [-0.1, -0.05) is 53.2 Å². The van der Waals surface area contributed by atoms with Crippen molar-refractivity contribution in [1.29, 1.82) is 0 Å². The first-order valence-corrected chi connectivity index (χ1v) is 16.5. The smallest absolute Gasteiger partial charge is 0.335 e. The summed E-state index contributed by atoms with van der Waals surface area (Å²) in [5, 5.41) is 10.1. The van der Waals surface area contributed by atoms with Crippen LogP contribution in [-0.2, 0) is 9.53 Å². The molecular formula is C33H32Cl2N2O6S2. The molecule has 0 unspecified atom stereocenters. The molecule has 2 saturated heterocycles. The molecule has 8 nitrogen and oxygen atoms in total. The number of carboxylic acid groups (broad SMARTS) is 1. The number of benzene rings is 3.